The van der Waals surface area contributed by atoms with E-state index in [1.165, 1.54) is 16.4 Å². The molecule has 0 aliphatic rings. The van der Waals surface area contributed by atoms with Gasteiger partial charge < -0.3 is 0 Å². The third kappa shape index (κ3) is 2.99. The van der Waals surface area contributed by atoms with Crippen LogP contribution in [-0.4, -0.2) is 35.9 Å². The molecule has 2 heterocycles. The SMILES string of the molecule is Cc1ccc(-c2c(C)c(C(=O)Nc3nnnn3C)nn(C)c2=O)cc1C. The molecule has 3 aromatic rings. The summed E-state index contributed by atoms with van der Waals surface area (Å²) in [4.78, 5) is 25.3. The molecule has 26 heavy (non-hydrogen) atoms. The van der Waals surface area contributed by atoms with E-state index in [9.17, 15) is 9.59 Å². The highest BCUT2D eigenvalue weighted by Gasteiger charge is 2.21. The van der Waals surface area contributed by atoms with Crippen molar-refractivity contribution in [1.82, 2.24) is 30.0 Å². The summed E-state index contributed by atoms with van der Waals surface area (Å²) in [5.74, 6) is -0.293. The first-order valence-corrected chi connectivity index (χ1v) is 7.99. The van der Waals surface area contributed by atoms with Crippen LogP contribution in [-0.2, 0) is 14.1 Å². The monoisotopic (exact) mass is 353 g/mol. The first kappa shape index (κ1) is 17.5. The van der Waals surface area contributed by atoms with Crippen molar-refractivity contribution < 1.29 is 4.79 Å². The molecule has 3 rings (SSSR count). The molecule has 0 radical (unpaired) electrons. The highest BCUT2D eigenvalue weighted by molar-refractivity contribution is 6.03. The number of carbonyl (C=O) groups is 1. The van der Waals surface area contributed by atoms with E-state index >= 15 is 0 Å². The molecule has 0 saturated heterocycles. The van der Waals surface area contributed by atoms with E-state index in [1.54, 1.807) is 14.0 Å². The van der Waals surface area contributed by atoms with Crippen LogP contribution < -0.4 is 10.9 Å². The first-order chi connectivity index (χ1) is 12.3. The van der Waals surface area contributed by atoms with Crippen LogP contribution in [0.3, 0.4) is 0 Å². The van der Waals surface area contributed by atoms with Gasteiger partial charge in [-0.15, -0.1) is 0 Å². The third-order valence-corrected chi connectivity index (χ3v) is 4.34. The number of anilines is 1. The first-order valence-electron chi connectivity index (χ1n) is 7.99. The van der Waals surface area contributed by atoms with Crippen molar-refractivity contribution in [3.05, 3.63) is 50.9 Å². The summed E-state index contributed by atoms with van der Waals surface area (Å²) in [5.41, 5.74) is 3.78. The number of hydrogen-bond acceptors (Lipinski definition) is 6. The Balaban J connectivity index is 2.12. The van der Waals surface area contributed by atoms with Gasteiger partial charge >= 0.3 is 0 Å². The van der Waals surface area contributed by atoms with E-state index in [2.05, 4.69) is 25.9 Å². The van der Waals surface area contributed by atoms with Gasteiger partial charge in [-0.25, -0.2) is 9.36 Å². The fourth-order valence-electron chi connectivity index (χ4n) is 2.66. The van der Waals surface area contributed by atoms with Crippen molar-refractivity contribution in [3.8, 4) is 11.1 Å². The van der Waals surface area contributed by atoms with E-state index in [0.717, 1.165) is 16.7 Å². The van der Waals surface area contributed by atoms with Crippen LogP contribution in [0.25, 0.3) is 11.1 Å². The molecule has 0 unspecified atom stereocenters. The fourth-order valence-corrected chi connectivity index (χ4v) is 2.66. The summed E-state index contributed by atoms with van der Waals surface area (Å²) in [6, 6.07) is 5.77. The lowest BCUT2D eigenvalue weighted by Gasteiger charge is -2.13. The summed E-state index contributed by atoms with van der Waals surface area (Å²) >= 11 is 0. The minimum atomic E-state index is -0.485. The van der Waals surface area contributed by atoms with Crippen LogP contribution in [0.1, 0.15) is 27.2 Å². The van der Waals surface area contributed by atoms with Crippen LogP contribution in [0.5, 0.6) is 0 Å². The predicted octanol–water partition coefficient (Wildman–Crippen LogP) is 1.15. The number of hydrogen-bond donors (Lipinski definition) is 1. The second-order valence-electron chi connectivity index (χ2n) is 6.16. The molecule has 0 spiro atoms. The lowest BCUT2D eigenvalue weighted by molar-refractivity contribution is 0.101. The minimum Gasteiger partial charge on any atom is -0.288 e. The molecule has 1 aromatic carbocycles. The molecular weight excluding hydrogens is 334 g/mol. The van der Waals surface area contributed by atoms with E-state index < -0.39 is 5.91 Å². The summed E-state index contributed by atoms with van der Waals surface area (Å²) in [6.45, 7) is 5.70. The van der Waals surface area contributed by atoms with Crippen molar-refractivity contribution >= 4 is 11.9 Å². The van der Waals surface area contributed by atoms with Crippen molar-refractivity contribution in [2.24, 2.45) is 14.1 Å². The molecule has 0 saturated carbocycles. The lowest BCUT2D eigenvalue weighted by atomic mass is 9.97. The van der Waals surface area contributed by atoms with Crippen LogP contribution in [0, 0.1) is 20.8 Å². The van der Waals surface area contributed by atoms with Gasteiger partial charge in [-0.3, -0.25) is 14.9 Å². The van der Waals surface area contributed by atoms with Gasteiger partial charge in [0.2, 0.25) is 5.95 Å². The van der Waals surface area contributed by atoms with Gasteiger partial charge in [0, 0.05) is 14.1 Å². The number of benzene rings is 1. The van der Waals surface area contributed by atoms with Gasteiger partial charge in [0.15, 0.2) is 5.69 Å². The Bertz CT molecular complexity index is 1070. The molecule has 0 bridgehead atoms. The number of nitrogens with one attached hydrogen (secondary N) is 1. The number of aryl methyl sites for hydroxylation is 4. The fraction of sp³-hybridized carbons (Fsp3) is 0.294. The van der Waals surface area contributed by atoms with Gasteiger partial charge in [0.1, 0.15) is 0 Å². The van der Waals surface area contributed by atoms with Gasteiger partial charge in [-0.1, -0.05) is 23.3 Å². The Morgan fingerprint density at radius 1 is 1.08 bits per heavy atom. The predicted molar refractivity (Wildman–Crippen MR) is 95.9 cm³/mol. The van der Waals surface area contributed by atoms with Crippen LogP contribution in [0.15, 0.2) is 23.0 Å². The number of tetrazole rings is 1. The highest BCUT2D eigenvalue weighted by Crippen LogP contribution is 2.24. The largest absolute Gasteiger partial charge is 0.288 e. The van der Waals surface area contributed by atoms with Gasteiger partial charge in [-0.2, -0.15) is 5.10 Å². The zero-order valence-electron chi connectivity index (χ0n) is 15.2. The molecule has 134 valence electrons. The Kier molecular flexibility index (Phi) is 4.37. The summed E-state index contributed by atoms with van der Waals surface area (Å²) in [6.07, 6.45) is 0. The Morgan fingerprint density at radius 3 is 2.42 bits per heavy atom. The van der Waals surface area contributed by atoms with Crippen molar-refractivity contribution in [3.63, 3.8) is 0 Å². The second kappa shape index (κ2) is 6.51. The van der Waals surface area contributed by atoms with E-state index in [1.807, 2.05) is 32.0 Å². The summed E-state index contributed by atoms with van der Waals surface area (Å²) in [7, 11) is 3.13. The minimum absolute atomic E-state index is 0.142. The Morgan fingerprint density at radius 2 is 1.81 bits per heavy atom. The Hall–Kier alpha value is -3.36. The highest BCUT2D eigenvalue weighted by atomic mass is 16.2. The molecular formula is C17H19N7O2. The molecule has 0 fully saturated rings. The van der Waals surface area contributed by atoms with Crippen LogP contribution in [0.4, 0.5) is 5.95 Å². The van der Waals surface area contributed by atoms with Crippen molar-refractivity contribution in [1.29, 1.82) is 0 Å². The van der Waals surface area contributed by atoms with Crippen LogP contribution in [0.2, 0.25) is 0 Å². The maximum Gasteiger partial charge on any atom is 0.278 e. The lowest BCUT2D eigenvalue weighted by Crippen LogP contribution is -2.28. The van der Waals surface area contributed by atoms with E-state index in [0.29, 0.717) is 11.1 Å². The number of amides is 1. The van der Waals surface area contributed by atoms with Crippen LogP contribution >= 0.6 is 0 Å². The number of rotatable bonds is 3. The van der Waals surface area contributed by atoms with Crippen molar-refractivity contribution in [2.75, 3.05) is 5.32 Å². The number of nitrogens with zero attached hydrogens (tertiary/aromatic N) is 6. The maximum atomic E-state index is 12.7. The summed E-state index contributed by atoms with van der Waals surface area (Å²) < 4.78 is 2.50. The van der Waals surface area contributed by atoms with Gasteiger partial charge in [0.05, 0.1) is 5.56 Å². The average Bonchev–Trinajstić information content (AvgIpc) is 2.99. The maximum absolute atomic E-state index is 12.7. The molecule has 0 aliphatic carbocycles. The van der Waals surface area contributed by atoms with E-state index in [4.69, 9.17) is 0 Å². The molecule has 1 N–H and O–H groups in total. The average molecular weight is 353 g/mol. The smallest absolute Gasteiger partial charge is 0.278 e. The zero-order chi connectivity index (χ0) is 19.0. The number of aromatic nitrogens is 6. The van der Waals surface area contributed by atoms with Crippen molar-refractivity contribution in [2.45, 2.75) is 20.8 Å². The molecule has 2 aromatic heterocycles. The topological polar surface area (TPSA) is 108 Å². The van der Waals surface area contributed by atoms with Gasteiger partial charge in [-0.05, 0) is 53.5 Å². The second-order valence-corrected chi connectivity index (χ2v) is 6.16. The van der Waals surface area contributed by atoms with E-state index in [-0.39, 0.29) is 17.2 Å². The molecule has 9 nitrogen and oxygen atoms in total. The molecule has 0 atom stereocenters. The molecule has 9 heteroatoms. The Labute approximate surface area is 149 Å². The van der Waals surface area contributed by atoms with Gasteiger partial charge in [0.25, 0.3) is 11.5 Å². The molecule has 1 amide bonds. The standard InChI is InChI=1S/C17H19N7O2/c1-9-6-7-12(8-10(9)2)13-11(3)14(20-23(4)16(13)26)15(25)18-17-19-21-22-24(17)5/h6-8H,1-5H3,(H,18,19,22,25). The zero-order valence-corrected chi connectivity index (χ0v) is 15.2. The molecule has 0 aliphatic heterocycles. The summed E-state index contributed by atoms with van der Waals surface area (Å²) in [5, 5.41) is 17.6. The third-order valence-electron chi connectivity index (χ3n) is 4.34. The normalized spacial score (nSPS) is 10.8. The quantitative estimate of drug-likeness (QED) is 0.757. The number of carbonyl (C=O) groups excluding carboxylic acids is 1.